The summed E-state index contributed by atoms with van der Waals surface area (Å²) in [7, 11) is 0. The topological polar surface area (TPSA) is 86.2 Å². The number of nitrogens with zero attached hydrogens (tertiary/aromatic N) is 1. The van der Waals surface area contributed by atoms with Crippen molar-refractivity contribution in [1.82, 2.24) is 0 Å². The molecule has 1 aromatic carbocycles. The summed E-state index contributed by atoms with van der Waals surface area (Å²) in [6.07, 6.45) is 0. The van der Waals surface area contributed by atoms with Crippen molar-refractivity contribution in [3.05, 3.63) is 46.0 Å². The SMILES string of the molecule is CC(C)(C(N)=O)C(c1ccccc1)[N+](=O)[O-]. The number of hydrogen-bond donors (Lipinski definition) is 1. The van der Waals surface area contributed by atoms with E-state index < -0.39 is 22.3 Å². The van der Waals surface area contributed by atoms with Gasteiger partial charge in [-0.1, -0.05) is 30.3 Å². The summed E-state index contributed by atoms with van der Waals surface area (Å²) in [6.45, 7) is 2.96. The molecule has 0 spiro atoms. The molecule has 1 atom stereocenters. The number of carbonyl (C=O) groups is 1. The number of benzene rings is 1. The average Bonchev–Trinajstić information content (AvgIpc) is 2.18. The Balaban J connectivity index is 3.21. The van der Waals surface area contributed by atoms with E-state index in [9.17, 15) is 14.9 Å². The zero-order valence-corrected chi connectivity index (χ0v) is 9.21. The molecule has 5 nitrogen and oxygen atoms in total. The van der Waals surface area contributed by atoms with Gasteiger partial charge in [-0.05, 0) is 13.8 Å². The number of carbonyl (C=O) groups excluding carboxylic acids is 1. The molecule has 0 fully saturated rings. The summed E-state index contributed by atoms with van der Waals surface area (Å²) >= 11 is 0. The summed E-state index contributed by atoms with van der Waals surface area (Å²) < 4.78 is 0. The van der Waals surface area contributed by atoms with Gasteiger partial charge in [-0.3, -0.25) is 14.9 Å². The fraction of sp³-hybridized carbons (Fsp3) is 0.364. The van der Waals surface area contributed by atoms with Gasteiger partial charge in [-0.15, -0.1) is 0 Å². The molecule has 1 amide bonds. The second-order valence-corrected chi connectivity index (χ2v) is 4.18. The van der Waals surface area contributed by atoms with Gasteiger partial charge < -0.3 is 5.73 Å². The van der Waals surface area contributed by atoms with E-state index in [2.05, 4.69) is 0 Å². The van der Waals surface area contributed by atoms with Gasteiger partial charge in [0, 0.05) is 10.5 Å². The molecule has 0 aliphatic rings. The highest BCUT2D eigenvalue weighted by Gasteiger charge is 2.44. The van der Waals surface area contributed by atoms with Gasteiger partial charge >= 0.3 is 0 Å². The highest BCUT2D eigenvalue weighted by molar-refractivity contribution is 5.80. The minimum Gasteiger partial charge on any atom is -0.369 e. The van der Waals surface area contributed by atoms with Crippen LogP contribution in [0.1, 0.15) is 25.5 Å². The molecule has 0 bridgehead atoms. The van der Waals surface area contributed by atoms with Crippen molar-refractivity contribution >= 4 is 5.91 Å². The lowest BCUT2D eigenvalue weighted by molar-refractivity contribution is -0.543. The van der Waals surface area contributed by atoms with Crippen LogP contribution in [0.3, 0.4) is 0 Å². The molecule has 2 N–H and O–H groups in total. The Kier molecular flexibility index (Phi) is 3.27. The molecular weight excluding hydrogens is 208 g/mol. The number of nitrogens with two attached hydrogens (primary N) is 1. The van der Waals surface area contributed by atoms with E-state index in [0.717, 1.165) is 0 Å². The standard InChI is InChI=1S/C11H14N2O3/c1-11(2,10(12)14)9(13(15)16)8-6-4-3-5-7-8/h3-7,9H,1-2H3,(H2,12,14). The maximum atomic E-state index is 11.3. The second-order valence-electron chi connectivity index (χ2n) is 4.18. The summed E-state index contributed by atoms with van der Waals surface area (Å²) in [4.78, 5) is 21.8. The molecule has 1 aromatic rings. The quantitative estimate of drug-likeness (QED) is 0.618. The smallest absolute Gasteiger partial charge is 0.251 e. The first-order chi connectivity index (χ1) is 7.37. The fourth-order valence-corrected chi connectivity index (χ4v) is 1.57. The summed E-state index contributed by atoms with van der Waals surface area (Å²) in [6, 6.07) is 7.28. The van der Waals surface area contributed by atoms with E-state index in [-0.39, 0.29) is 0 Å². The van der Waals surface area contributed by atoms with E-state index in [0.29, 0.717) is 5.56 Å². The van der Waals surface area contributed by atoms with Gasteiger partial charge in [0.25, 0.3) is 6.04 Å². The van der Waals surface area contributed by atoms with E-state index in [4.69, 9.17) is 5.73 Å². The lowest BCUT2D eigenvalue weighted by Crippen LogP contribution is -2.40. The van der Waals surface area contributed by atoms with Gasteiger partial charge in [0.15, 0.2) is 0 Å². The van der Waals surface area contributed by atoms with Crippen LogP contribution in [0.25, 0.3) is 0 Å². The first-order valence-corrected chi connectivity index (χ1v) is 4.85. The molecule has 1 rings (SSSR count). The van der Waals surface area contributed by atoms with Gasteiger partial charge in [0.1, 0.15) is 5.41 Å². The third kappa shape index (κ3) is 2.18. The summed E-state index contributed by atoms with van der Waals surface area (Å²) in [5, 5.41) is 11.0. The molecule has 0 saturated carbocycles. The summed E-state index contributed by atoms with van der Waals surface area (Å²) in [5.74, 6) is -0.682. The molecule has 0 radical (unpaired) electrons. The van der Waals surface area contributed by atoms with Gasteiger partial charge in [0.05, 0.1) is 0 Å². The lowest BCUT2D eigenvalue weighted by atomic mass is 9.80. The highest BCUT2D eigenvalue weighted by atomic mass is 16.6. The van der Waals surface area contributed by atoms with Crippen molar-refractivity contribution in [2.45, 2.75) is 19.9 Å². The third-order valence-electron chi connectivity index (χ3n) is 2.64. The minimum atomic E-state index is -1.22. The predicted octanol–water partition coefficient (Wildman–Crippen LogP) is 1.52. The van der Waals surface area contributed by atoms with Crippen molar-refractivity contribution in [2.24, 2.45) is 11.1 Å². The Labute approximate surface area is 93.4 Å². The van der Waals surface area contributed by atoms with Crippen molar-refractivity contribution in [3.8, 4) is 0 Å². The third-order valence-corrected chi connectivity index (χ3v) is 2.64. The summed E-state index contributed by atoms with van der Waals surface area (Å²) in [5.41, 5.74) is 4.47. The Morgan fingerprint density at radius 3 is 2.25 bits per heavy atom. The van der Waals surface area contributed by atoms with Gasteiger partial charge in [0.2, 0.25) is 5.91 Å². The van der Waals surface area contributed by atoms with Crippen LogP contribution in [0.4, 0.5) is 0 Å². The van der Waals surface area contributed by atoms with E-state index >= 15 is 0 Å². The molecule has 0 aromatic heterocycles. The Morgan fingerprint density at radius 2 is 1.88 bits per heavy atom. The molecule has 1 unspecified atom stereocenters. The van der Waals surface area contributed by atoms with Crippen molar-refractivity contribution in [1.29, 1.82) is 0 Å². The minimum absolute atomic E-state index is 0.472. The molecule has 0 aliphatic heterocycles. The van der Waals surface area contributed by atoms with Gasteiger partial charge in [-0.25, -0.2) is 0 Å². The van der Waals surface area contributed by atoms with Crippen LogP contribution in [-0.4, -0.2) is 10.8 Å². The fourth-order valence-electron chi connectivity index (χ4n) is 1.57. The van der Waals surface area contributed by atoms with Crippen LogP contribution in [0.5, 0.6) is 0 Å². The molecular formula is C11H14N2O3. The van der Waals surface area contributed by atoms with Gasteiger partial charge in [-0.2, -0.15) is 0 Å². The van der Waals surface area contributed by atoms with Crippen LogP contribution in [-0.2, 0) is 4.79 Å². The van der Waals surface area contributed by atoms with Crippen LogP contribution in [0.15, 0.2) is 30.3 Å². The van der Waals surface area contributed by atoms with Crippen molar-refractivity contribution in [2.75, 3.05) is 0 Å². The number of amides is 1. The second kappa shape index (κ2) is 4.30. The van der Waals surface area contributed by atoms with Crippen LogP contribution < -0.4 is 5.73 Å². The maximum absolute atomic E-state index is 11.3. The number of hydrogen-bond acceptors (Lipinski definition) is 3. The molecule has 5 heteroatoms. The van der Waals surface area contributed by atoms with E-state index in [1.54, 1.807) is 30.3 Å². The number of nitro groups is 1. The normalized spacial score (nSPS) is 13.1. The van der Waals surface area contributed by atoms with Crippen LogP contribution in [0.2, 0.25) is 0 Å². The molecule has 0 saturated heterocycles. The lowest BCUT2D eigenvalue weighted by Gasteiger charge is -2.24. The Bertz CT molecular complexity index is 401. The molecule has 16 heavy (non-hydrogen) atoms. The molecule has 0 aliphatic carbocycles. The Hall–Kier alpha value is -1.91. The first-order valence-electron chi connectivity index (χ1n) is 4.85. The average molecular weight is 222 g/mol. The van der Waals surface area contributed by atoms with Crippen molar-refractivity contribution in [3.63, 3.8) is 0 Å². The predicted molar refractivity (Wildman–Crippen MR) is 59.2 cm³/mol. The van der Waals surface area contributed by atoms with Crippen LogP contribution >= 0.6 is 0 Å². The maximum Gasteiger partial charge on any atom is 0.251 e. The monoisotopic (exact) mass is 222 g/mol. The number of rotatable bonds is 4. The zero-order valence-electron chi connectivity index (χ0n) is 9.21. The Morgan fingerprint density at radius 1 is 1.38 bits per heavy atom. The molecule has 0 heterocycles. The van der Waals surface area contributed by atoms with Crippen molar-refractivity contribution < 1.29 is 9.72 Å². The number of primary amides is 1. The zero-order chi connectivity index (χ0) is 12.3. The first kappa shape index (κ1) is 12.2. The largest absolute Gasteiger partial charge is 0.369 e. The van der Waals surface area contributed by atoms with E-state index in [1.165, 1.54) is 13.8 Å². The van der Waals surface area contributed by atoms with E-state index in [1.807, 2.05) is 0 Å². The van der Waals surface area contributed by atoms with Crippen LogP contribution in [0, 0.1) is 15.5 Å². The highest BCUT2D eigenvalue weighted by Crippen LogP contribution is 2.35. The molecule has 86 valence electrons.